The van der Waals surface area contributed by atoms with E-state index in [1.807, 2.05) is 30.3 Å². The van der Waals surface area contributed by atoms with Gasteiger partial charge in [-0.3, -0.25) is 4.79 Å². The molecule has 0 spiro atoms. The second kappa shape index (κ2) is 7.08. The van der Waals surface area contributed by atoms with Crippen molar-refractivity contribution in [3.63, 3.8) is 0 Å². The van der Waals surface area contributed by atoms with Crippen LogP contribution in [0.15, 0.2) is 48.5 Å². The molecule has 0 saturated carbocycles. The van der Waals surface area contributed by atoms with Gasteiger partial charge in [0.15, 0.2) is 0 Å². The third-order valence-electron chi connectivity index (χ3n) is 3.01. The van der Waals surface area contributed by atoms with Crippen LogP contribution in [0.4, 0.5) is 5.69 Å². The number of para-hydroxylation sites is 1. The molecule has 0 bridgehead atoms. The number of hydrogen-bond donors (Lipinski definition) is 2. The van der Waals surface area contributed by atoms with Crippen LogP contribution in [0.3, 0.4) is 0 Å². The number of halogens is 1. The summed E-state index contributed by atoms with van der Waals surface area (Å²) < 4.78 is 0. The summed E-state index contributed by atoms with van der Waals surface area (Å²) in [6.07, 6.45) is 0. The van der Waals surface area contributed by atoms with Gasteiger partial charge in [0.25, 0.3) is 0 Å². The summed E-state index contributed by atoms with van der Waals surface area (Å²) in [5.74, 6) is -0.105. The minimum absolute atomic E-state index is 0.105. The highest BCUT2D eigenvalue weighted by atomic mass is 35.5. The first-order valence-corrected chi connectivity index (χ1v) is 6.84. The highest BCUT2D eigenvalue weighted by Gasteiger charge is 2.05. The summed E-state index contributed by atoms with van der Waals surface area (Å²) in [4.78, 5) is 11.8. The van der Waals surface area contributed by atoms with Gasteiger partial charge in [-0.25, -0.2) is 0 Å². The molecule has 4 heteroatoms. The molecule has 1 amide bonds. The summed E-state index contributed by atoms with van der Waals surface area (Å²) in [7, 11) is 0. The second-order valence-corrected chi connectivity index (χ2v) is 4.97. The molecule has 0 aliphatic rings. The number of carbonyl (C=O) groups excluding carboxylic acids is 1. The van der Waals surface area contributed by atoms with E-state index < -0.39 is 0 Å². The number of carbonyl (C=O) groups is 1. The van der Waals surface area contributed by atoms with Gasteiger partial charge < -0.3 is 10.6 Å². The minimum atomic E-state index is -0.105. The molecule has 0 aromatic heterocycles. The maximum Gasteiger partial charge on any atom is 0.238 e. The predicted molar refractivity (Wildman–Crippen MR) is 83.0 cm³/mol. The Morgan fingerprint density at radius 3 is 2.55 bits per heavy atom. The molecule has 2 aromatic carbocycles. The third kappa shape index (κ3) is 4.08. The number of rotatable bonds is 5. The van der Waals surface area contributed by atoms with E-state index in [4.69, 9.17) is 11.6 Å². The van der Waals surface area contributed by atoms with E-state index in [0.717, 1.165) is 0 Å². The van der Waals surface area contributed by atoms with Crippen LogP contribution in [0.5, 0.6) is 0 Å². The molecule has 2 rings (SSSR count). The fourth-order valence-corrected chi connectivity index (χ4v) is 2.06. The first-order valence-electron chi connectivity index (χ1n) is 6.46. The molecule has 20 heavy (non-hydrogen) atoms. The van der Waals surface area contributed by atoms with E-state index >= 15 is 0 Å². The molecule has 0 radical (unpaired) electrons. The Hall–Kier alpha value is -1.84. The molecule has 0 aliphatic heterocycles. The number of aryl methyl sites for hydroxylation is 1. The van der Waals surface area contributed by atoms with Crippen LogP contribution in [0.2, 0.25) is 5.02 Å². The zero-order chi connectivity index (χ0) is 14.4. The molecular weight excluding hydrogens is 272 g/mol. The molecule has 0 unspecified atom stereocenters. The number of anilines is 1. The van der Waals surface area contributed by atoms with E-state index in [1.54, 1.807) is 12.1 Å². The van der Waals surface area contributed by atoms with Crippen molar-refractivity contribution in [3.8, 4) is 0 Å². The van der Waals surface area contributed by atoms with Crippen molar-refractivity contribution >= 4 is 23.2 Å². The Morgan fingerprint density at radius 2 is 1.80 bits per heavy atom. The first kappa shape index (κ1) is 14.6. The van der Waals surface area contributed by atoms with Gasteiger partial charge in [0.05, 0.1) is 17.3 Å². The fraction of sp³-hybridized carbons (Fsp3) is 0.188. The van der Waals surface area contributed by atoms with Crippen LogP contribution in [-0.4, -0.2) is 12.5 Å². The van der Waals surface area contributed by atoms with Crippen LogP contribution in [0, 0.1) is 6.92 Å². The summed E-state index contributed by atoms with van der Waals surface area (Å²) in [6.45, 7) is 2.98. The van der Waals surface area contributed by atoms with Crippen LogP contribution in [-0.2, 0) is 11.3 Å². The zero-order valence-electron chi connectivity index (χ0n) is 11.3. The molecular formula is C16H17ClN2O. The van der Waals surface area contributed by atoms with Gasteiger partial charge in [-0.05, 0) is 30.2 Å². The molecule has 0 atom stereocenters. The number of hydrogen-bond acceptors (Lipinski definition) is 2. The third-order valence-corrected chi connectivity index (χ3v) is 3.34. The lowest BCUT2D eigenvalue weighted by Crippen LogP contribution is -2.28. The van der Waals surface area contributed by atoms with Crippen LogP contribution in [0.1, 0.15) is 11.1 Å². The average molecular weight is 289 g/mol. The van der Waals surface area contributed by atoms with E-state index in [0.29, 0.717) is 17.3 Å². The van der Waals surface area contributed by atoms with Crippen molar-refractivity contribution in [1.82, 2.24) is 5.32 Å². The van der Waals surface area contributed by atoms with Gasteiger partial charge in [0, 0.05) is 6.54 Å². The van der Waals surface area contributed by atoms with Gasteiger partial charge in [-0.1, -0.05) is 48.0 Å². The highest BCUT2D eigenvalue weighted by molar-refractivity contribution is 6.33. The first-order chi connectivity index (χ1) is 9.66. The molecule has 104 valence electrons. The monoisotopic (exact) mass is 288 g/mol. The Morgan fingerprint density at radius 1 is 1.10 bits per heavy atom. The molecule has 0 saturated heterocycles. The number of amides is 1. The van der Waals surface area contributed by atoms with Crippen molar-refractivity contribution in [3.05, 3.63) is 64.7 Å². The van der Waals surface area contributed by atoms with Gasteiger partial charge in [-0.15, -0.1) is 0 Å². The Balaban J connectivity index is 1.82. The van der Waals surface area contributed by atoms with E-state index in [9.17, 15) is 4.79 Å². The molecule has 2 N–H and O–H groups in total. The van der Waals surface area contributed by atoms with Crippen LogP contribution in [0.25, 0.3) is 0 Å². The lowest BCUT2D eigenvalue weighted by molar-refractivity contribution is -0.115. The molecule has 0 heterocycles. The normalized spacial score (nSPS) is 10.3. The Labute approximate surface area is 124 Å². The van der Waals surface area contributed by atoms with Crippen LogP contribution < -0.4 is 10.6 Å². The van der Waals surface area contributed by atoms with Crippen LogP contribution >= 0.6 is 11.6 Å². The smallest absolute Gasteiger partial charge is 0.238 e. The standard InChI is InChI=1S/C16H17ClN2O/c1-12-6-2-3-7-13(12)10-18-11-16(20)19-15-9-5-4-8-14(15)17/h2-9,18H,10-11H2,1H3,(H,19,20). The molecule has 0 fully saturated rings. The summed E-state index contributed by atoms with van der Waals surface area (Å²) in [5.41, 5.74) is 3.04. The Kier molecular flexibility index (Phi) is 5.16. The molecule has 2 aromatic rings. The lowest BCUT2D eigenvalue weighted by Gasteiger charge is -2.09. The predicted octanol–water partition coefficient (Wildman–Crippen LogP) is 3.38. The van der Waals surface area contributed by atoms with Gasteiger partial charge in [-0.2, -0.15) is 0 Å². The van der Waals surface area contributed by atoms with Gasteiger partial charge in [0.2, 0.25) is 5.91 Å². The number of nitrogens with one attached hydrogen (secondary N) is 2. The Bertz CT molecular complexity index is 599. The van der Waals surface area contributed by atoms with Crippen molar-refractivity contribution in [2.75, 3.05) is 11.9 Å². The largest absolute Gasteiger partial charge is 0.324 e. The summed E-state index contributed by atoms with van der Waals surface area (Å²) >= 11 is 5.98. The van der Waals surface area contributed by atoms with Crippen molar-refractivity contribution in [1.29, 1.82) is 0 Å². The van der Waals surface area contributed by atoms with Crippen molar-refractivity contribution in [2.45, 2.75) is 13.5 Å². The highest BCUT2D eigenvalue weighted by Crippen LogP contribution is 2.19. The van der Waals surface area contributed by atoms with E-state index in [-0.39, 0.29) is 12.5 Å². The summed E-state index contributed by atoms with van der Waals surface area (Å²) in [5, 5.41) is 6.45. The number of benzene rings is 2. The molecule has 3 nitrogen and oxygen atoms in total. The zero-order valence-corrected chi connectivity index (χ0v) is 12.1. The van der Waals surface area contributed by atoms with Gasteiger partial charge in [0.1, 0.15) is 0 Å². The van der Waals surface area contributed by atoms with E-state index in [2.05, 4.69) is 23.6 Å². The topological polar surface area (TPSA) is 41.1 Å². The van der Waals surface area contributed by atoms with Crippen molar-refractivity contribution in [2.24, 2.45) is 0 Å². The average Bonchev–Trinajstić information content (AvgIpc) is 2.43. The van der Waals surface area contributed by atoms with Crippen molar-refractivity contribution < 1.29 is 4.79 Å². The SMILES string of the molecule is Cc1ccccc1CNCC(=O)Nc1ccccc1Cl. The maximum absolute atomic E-state index is 11.8. The second-order valence-electron chi connectivity index (χ2n) is 4.56. The summed E-state index contributed by atoms with van der Waals surface area (Å²) in [6, 6.07) is 15.3. The maximum atomic E-state index is 11.8. The van der Waals surface area contributed by atoms with E-state index in [1.165, 1.54) is 11.1 Å². The molecule has 0 aliphatic carbocycles. The fourth-order valence-electron chi connectivity index (χ4n) is 1.88. The van der Waals surface area contributed by atoms with Gasteiger partial charge >= 0.3 is 0 Å². The minimum Gasteiger partial charge on any atom is -0.324 e. The quantitative estimate of drug-likeness (QED) is 0.885. The lowest BCUT2D eigenvalue weighted by atomic mass is 10.1.